The number of carbonyl (C=O) groups excluding carboxylic acids is 1. The molecule has 2 rings (SSSR count). The van der Waals surface area contributed by atoms with E-state index >= 15 is 0 Å². The number of amides is 1. The summed E-state index contributed by atoms with van der Waals surface area (Å²) in [6.07, 6.45) is 3.32. The molecule has 0 aromatic heterocycles. The fourth-order valence-electron chi connectivity index (χ4n) is 2.87. The van der Waals surface area contributed by atoms with Crippen LogP contribution in [0.2, 0.25) is 0 Å². The van der Waals surface area contributed by atoms with Gasteiger partial charge in [0.2, 0.25) is 5.91 Å². The van der Waals surface area contributed by atoms with E-state index in [1.54, 1.807) is 24.3 Å². The molecule has 1 aromatic carbocycles. The first-order valence-electron chi connectivity index (χ1n) is 8.08. The Morgan fingerprint density at radius 2 is 1.91 bits per heavy atom. The SMILES string of the molecule is CCC(C)C(C)N(C(=O)Cc1ccccc1C(=O)O)C1CC1. The smallest absolute Gasteiger partial charge is 0.335 e. The van der Waals surface area contributed by atoms with Gasteiger partial charge in [-0.25, -0.2) is 4.79 Å². The Kier molecular flexibility index (Phi) is 5.22. The molecule has 0 radical (unpaired) electrons. The number of carboxylic acid groups (broad SMARTS) is 1. The molecule has 1 aliphatic rings. The Bertz CT molecular complexity index is 551. The number of carboxylic acids is 1. The summed E-state index contributed by atoms with van der Waals surface area (Å²) in [5.74, 6) is -0.486. The van der Waals surface area contributed by atoms with Crippen LogP contribution in [-0.4, -0.2) is 34.0 Å². The molecule has 1 fully saturated rings. The van der Waals surface area contributed by atoms with Crippen LogP contribution >= 0.6 is 0 Å². The summed E-state index contributed by atoms with van der Waals surface area (Å²) in [7, 11) is 0. The van der Waals surface area contributed by atoms with Gasteiger partial charge in [-0.15, -0.1) is 0 Å². The average Bonchev–Trinajstić information content (AvgIpc) is 3.31. The van der Waals surface area contributed by atoms with Crippen molar-refractivity contribution in [2.75, 3.05) is 0 Å². The Hall–Kier alpha value is -1.84. The van der Waals surface area contributed by atoms with Crippen molar-refractivity contribution in [1.82, 2.24) is 4.90 Å². The van der Waals surface area contributed by atoms with Crippen LogP contribution in [-0.2, 0) is 11.2 Å². The molecule has 1 aromatic rings. The normalized spacial score (nSPS) is 16.9. The van der Waals surface area contributed by atoms with Crippen molar-refractivity contribution in [1.29, 1.82) is 0 Å². The Balaban J connectivity index is 2.17. The third kappa shape index (κ3) is 3.67. The van der Waals surface area contributed by atoms with Crippen LogP contribution in [0.4, 0.5) is 0 Å². The van der Waals surface area contributed by atoms with E-state index in [2.05, 4.69) is 20.8 Å². The number of nitrogens with zero attached hydrogens (tertiary/aromatic N) is 1. The summed E-state index contributed by atoms with van der Waals surface area (Å²) in [4.78, 5) is 26.0. The van der Waals surface area contributed by atoms with Crippen LogP contribution in [0.25, 0.3) is 0 Å². The van der Waals surface area contributed by atoms with E-state index in [0.29, 0.717) is 17.5 Å². The lowest BCUT2D eigenvalue weighted by Crippen LogP contribution is -2.44. The lowest BCUT2D eigenvalue weighted by Gasteiger charge is -2.33. The minimum Gasteiger partial charge on any atom is -0.478 e. The molecule has 1 amide bonds. The predicted molar refractivity (Wildman–Crippen MR) is 85.9 cm³/mol. The minimum atomic E-state index is -0.976. The molecule has 0 aliphatic heterocycles. The molecular formula is C18H25NO3. The first kappa shape index (κ1) is 16.5. The molecule has 1 aliphatic carbocycles. The number of aromatic carboxylic acids is 1. The van der Waals surface area contributed by atoms with E-state index in [0.717, 1.165) is 19.3 Å². The molecule has 0 saturated heterocycles. The molecule has 120 valence electrons. The molecule has 4 nitrogen and oxygen atoms in total. The van der Waals surface area contributed by atoms with Gasteiger partial charge in [0, 0.05) is 12.1 Å². The number of hydrogen-bond donors (Lipinski definition) is 1. The highest BCUT2D eigenvalue weighted by molar-refractivity contribution is 5.91. The standard InChI is InChI=1S/C18H25NO3/c1-4-12(2)13(3)19(15-9-10-15)17(20)11-14-7-5-6-8-16(14)18(21)22/h5-8,12-13,15H,4,9-11H2,1-3H3,(H,21,22). The zero-order valence-corrected chi connectivity index (χ0v) is 13.6. The lowest BCUT2D eigenvalue weighted by molar-refractivity contribution is -0.134. The summed E-state index contributed by atoms with van der Waals surface area (Å²) in [6, 6.07) is 7.31. The molecular weight excluding hydrogens is 278 g/mol. The second-order valence-corrected chi connectivity index (χ2v) is 6.30. The first-order chi connectivity index (χ1) is 10.5. The Morgan fingerprint density at radius 3 is 2.45 bits per heavy atom. The van der Waals surface area contributed by atoms with Crippen molar-refractivity contribution < 1.29 is 14.7 Å². The van der Waals surface area contributed by atoms with Crippen molar-refractivity contribution in [2.24, 2.45) is 5.92 Å². The molecule has 0 bridgehead atoms. The van der Waals surface area contributed by atoms with Crippen molar-refractivity contribution >= 4 is 11.9 Å². The van der Waals surface area contributed by atoms with E-state index in [1.807, 2.05) is 4.90 Å². The van der Waals surface area contributed by atoms with E-state index in [1.165, 1.54) is 0 Å². The minimum absolute atomic E-state index is 0.0454. The number of rotatable bonds is 7. The largest absolute Gasteiger partial charge is 0.478 e. The third-order valence-corrected chi connectivity index (χ3v) is 4.72. The molecule has 4 heteroatoms. The second-order valence-electron chi connectivity index (χ2n) is 6.30. The predicted octanol–water partition coefficient (Wildman–Crippen LogP) is 3.35. The molecule has 0 heterocycles. The van der Waals surface area contributed by atoms with Crippen LogP contribution in [0, 0.1) is 5.92 Å². The summed E-state index contributed by atoms with van der Waals surface area (Å²) in [6.45, 7) is 6.41. The van der Waals surface area contributed by atoms with Crippen molar-refractivity contribution in [3.05, 3.63) is 35.4 Å². The number of carbonyl (C=O) groups is 2. The second kappa shape index (κ2) is 6.95. The van der Waals surface area contributed by atoms with Crippen molar-refractivity contribution in [2.45, 2.75) is 58.5 Å². The van der Waals surface area contributed by atoms with Crippen LogP contribution in [0.5, 0.6) is 0 Å². The molecule has 1 N–H and O–H groups in total. The van der Waals surface area contributed by atoms with Crippen molar-refractivity contribution in [3.8, 4) is 0 Å². The molecule has 22 heavy (non-hydrogen) atoms. The van der Waals surface area contributed by atoms with Crippen LogP contribution in [0.3, 0.4) is 0 Å². The maximum absolute atomic E-state index is 12.8. The van der Waals surface area contributed by atoms with E-state index in [4.69, 9.17) is 0 Å². The lowest BCUT2D eigenvalue weighted by atomic mass is 9.97. The van der Waals surface area contributed by atoms with Gasteiger partial charge in [-0.3, -0.25) is 4.79 Å². The maximum Gasteiger partial charge on any atom is 0.335 e. The van der Waals surface area contributed by atoms with Gasteiger partial charge in [0.15, 0.2) is 0 Å². The third-order valence-electron chi connectivity index (χ3n) is 4.72. The van der Waals surface area contributed by atoms with Crippen LogP contribution < -0.4 is 0 Å². The molecule has 1 saturated carbocycles. The Labute approximate surface area is 132 Å². The molecule has 2 unspecified atom stereocenters. The highest BCUT2D eigenvalue weighted by Gasteiger charge is 2.37. The topological polar surface area (TPSA) is 57.6 Å². The van der Waals surface area contributed by atoms with Gasteiger partial charge < -0.3 is 10.0 Å². The zero-order valence-electron chi connectivity index (χ0n) is 13.6. The van der Waals surface area contributed by atoms with E-state index in [9.17, 15) is 14.7 Å². The molecule has 0 spiro atoms. The highest BCUT2D eigenvalue weighted by Crippen LogP contribution is 2.32. The summed E-state index contributed by atoms with van der Waals surface area (Å²) >= 11 is 0. The van der Waals surface area contributed by atoms with Gasteiger partial charge in [0.1, 0.15) is 0 Å². The van der Waals surface area contributed by atoms with Gasteiger partial charge in [0.25, 0.3) is 0 Å². The highest BCUT2D eigenvalue weighted by atomic mass is 16.4. The monoisotopic (exact) mass is 303 g/mol. The number of hydrogen-bond acceptors (Lipinski definition) is 2. The van der Waals surface area contributed by atoms with Gasteiger partial charge in [-0.05, 0) is 37.3 Å². The van der Waals surface area contributed by atoms with E-state index < -0.39 is 5.97 Å². The zero-order chi connectivity index (χ0) is 16.3. The summed E-state index contributed by atoms with van der Waals surface area (Å²) < 4.78 is 0. The molecule has 2 atom stereocenters. The van der Waals surface area contributed by atoms with E-state index in [-0.39, 0.29) is 23.9 Å². The number of benzene rings is 1. The Morgan fingerprint density at radius 1 is 1.27 bits per heavy atom. The fourth-order valence-corrected chi connectivity index (χ4v) is 2.87. The van der Waals surface area contributed by atoms with Gasteiger partial charge in [-0.1, -0.05) is 38.5 Å². The average molecular weight is 303 g/mol. The van der Waals surface area contributed by atoms with Gasteiger partial charge in [0.05, 0.1) is 12.0 Å². The maximum atomic E-state index is 12.8. The van der Waals surface area contributed by atoms with Gasteiger partial charge >= 0.3 is 5.97 Å². The quantitative estimate of drug-likeness (QED) is 0.840. The fraction of sp³-hybridized carbons (Fsp3) is 0.556. The van der Waals surface area contributed by atoms with Crippen LogP contribution in [0.1, 0.15) is 56.0 Å². The summed E-state index contributed by atoms with van der Waals surface area (Å²) in [5, 5.41) is 9.25. The van der Waals surface area contributed by atoms with Crippen LogP contribution in [0.15, 0.2) is 24.3 Å². The summed E-state index contributed by atoms with van der Waals surface area (Å²) in [5.41, 5.74) is 0.824. The first-order valence-corrected chi connectivity index (χ1v) is 8.08. The van der Waals surface area contributed by atoms with Crippen molar-refractivity contribution in [3.63, 3.8) is 0 Å². The van der Waals surface area contributed by atoms with Gasteiger partial charge in [-0.2, -0.15) is 0 Å².